The summed E-state index contributed by atoms with van der Waals surface area (Å²) in [6, 6.07) is 11.7. The minimum atomic E-state index is -1.74. The number of nitrogens with two attached hydrogens (primary N) is 1. The molecule has 0 fully saturated rings. The molecule has 5 nitrogen and oxygen atoms in total. The quantitative estimate of drug-likeness (QED) is 0.275. The summed E-state index contributed by atoms with van der Waals surface area (Å²) in [5.41, 5.74) is 9.96. The Morgan fingerprint density at radius 1 is 1.19 bits per heavy atom. The van der Waals surface area contributed by atoms with Gasteiger partial charge < -0.3 is 15.5 Å². The van der Waals surface area contributed by atoms with Crippen molar-refractivity contribution < 1.29 is 9.22 Å². The number of aromatic nitrogens is 1. The fourth-order valence-electron chi connectivity index (χ4n) is 3.02. The van der Waals surface area contributed by atoms with Crippen molar-refractivity contribution in [2.45, 2.75) is 38.9 Å². The van der Waals surface area contributed by atoms with Gasteiger partial charge in [-0.2, -0.15) is 0 Å². The standard InChI is InChI=1S/C24H30ClN3O2SSi/c1-24(2,3)32(4,5)30-13-12-27-18-9-6-16(7-10-18)19-15-31-22(23(26)29)21(19)20-11-8-17(25)14-28-20/h6-11,14-15,27H,12-13H2,1-5H3,(H2,26,29). The Hall–Kier alpha value is -2.19. The van der Waals surface area contributed by atoms with E-state index in [0.717, 1.165) is 28.9 Å². The molecule has 0 spiro atoms. The molecule has 0 aliphatic carbocycles. The SMILES string of the molecule is CC(C)(C)[Si](C)(C)OCCNc1ccc(-c2csc(C(N)=O)c2-c2ccc(Cl)cn2)cc1. The molecule has 170 valence electrons. The maximum Gasteiger partial charge on any atom is 0.259 e. The summed E-state index contributed by atoms with van der Waals surface area (Å²) in [4.78, 5) is 16.9. The van der Waals surface area contributed by atoms with Gasteiger partial charge in [-0.15, -0.1) is 11.3 Å². The van der Waals surface area contributed by atoms with Crippen LogP contribution in [0.5, 0.6) is 0 Å². The molecular formula is C24H30ClN3O2SSi. The van der Waals surface area contributed by atoms with E-state index in [4.69, 9.17) is 21.8 Å². The van der Waals surface area contributed by atoms with E-state index in [2.05, 4.69) is 44.2 Å². The molecule has 0 bridgehead atoms. The van der Waals surface area contributed by atoms with Gasteiger partial charge in [0.2, 0.25) is 0 Å². The Bertz CT molecular complexity index is 1070. The number of halogens is 1. The lowest BCUT2D eigenvalue weighted by molar-refractivity contribution is 0.100. The van der Waals surface area contributed by atoms with Gasteiger partial charge in [0.25, 0.3) is 5.91 Å². The third-order valence-electron chi connectivity index (χ3n) is 5.89. The number of nitrogens with one attached hydrogen (secondary N) is 1. The van der Waals surface area contributed by atoms with Crippen LogP contribution in [0.15, 0.2) is 48.0 Å². The zero-order valence-electron chi connectivity index (χ0n) is 19.2. The van der Waals surface area contributed by atoms with E-state index in [-0.39, 0.29) is 5.04 Å². The van der Waals surface area contributed by atoms with Gasteiger partial charge in [0.1, 0.15) is 4.88 Å². The first-order chi connectivity index (χ1) is 15.0. The number of hydrogen-bond donors (Lipinski definition) is 2. The third-order valence-corrected chi connectivity index (χ3v) is 11.7. The minimum absolute atomic E-state index is 0.204. The predicted octanol–water partition coefficient (Wildman–Crippen LogP) is 6.66. The topological polar surface area (TPSA) is 77.2 Å². The number of pyridine rings is 1. The molecule has 8 heteroatoms. The number of rotatable bonds is 8. The maximum absolute atomic E-state index is 12.0. The molecule has 2 heterocycles. The summed E-state index contributed by atoms with van der Waals surface area (Å²) in [6.07, 6.45) is 1.57. The summed E-state index contributed by atoms with van der Waals surface area (Å²) in [7, 11) is -1.74. The van der Waals surface area contributed by atoms with E-state index in [0.29, 0.717) is 22.2 Å². The van der Waals surface area contributed by atoms with Gasteiger partial charge in [0.05, 0.1) is 17.3 Å². The van der Waals surface area contributed by atoms with E-state index in [9.17, 15) is 4.79 Å². The van der Waals surface area contributed by atoms with Crippen molar-refractivity contribution in [1.29, 1.82) is 0 Å². The zero-order chi connectivity index (χ0) is 23.5. The second kappa shape index (κ2) is 9.75. The number of carbonyl (C=O) groups excluding carboxylic acids is 1. The van der Waals surface area contributed by atoms with Gasteiger partial charge in [-0.25, -0.2) is 0 Å². The number of carbonyl (C=O) groups is 1. The molecule has 2 aromatic heterocycles. The lowest BCUT2D eigenvalue weighted by atomic mass is 9.99. The highest BCUT2D eigenvalue weighted by Crippen LogP contribution is 2.39. The first kappa shape index (κ1) is 24.4. The predicted molar refractivity (Wildman–Crippen MR) is 138 cm³/mol. The van der Waals surface area contributed by atoms with Crippen LogP contribution in [-0.2, 0) is 4.43 Å². The number of thiophene rings is 1. The number of anilines is 1. The fraction of sp³-hybridized carbons (Fsp3) is 0.333. The second-order valence-electron chi connectivity index (χ2n) is 9.19. The average molecular weight is 488 g/mol. The minimum Gasteiger partial charge on any atom is -0.415 e. The molecule has 0 aliphatic heterocycles. The van der Waals surface area contributed by atoms with Gasteiger partial charge in [0.15, 0.2) is 8.32 Å². The van der Waals surface area contributed by atoms with E-state index in [1.165, 1.54) is 11.3 Å². The number of amides is 1. The van der Waals surface area contributed by atoms with Gasteiger partial charge in [-0.3, -0.25) is 9.78 Å². The van der Waals surface area contributed by atoms with Gasteiger partial charge in [0, 0.05) is 34.9 Å². The van der Waals surface area contributed by atoms with Crippen molar-refractivity contribution in [3.63, 3.8) is 0 Å². The Morgan fingerprint density at radius 3 is 2.44 bits per heavy atom. The van der Waals surface area contributed by atoms with Crippen LogP contribution in [0.3, 0.4) is 0 Å². The Labute approximate surface area is 200 Å². The maximum atomic E-state index is 12.0. The van der Waals surface area contributed by atoms with E-state index in [1.54, 1.807) is 18.3 Å². The lowest BCUT2D eigenvalue weighted by Gasteiger charge is -2.36. The van der Waals surface area contributed by atoms with Crippen LogP contribution in [0, 0.1) is 0 Å². The van der Waals surface area contributed by atoms with Gasteiger partial charge in [-0.1, -0.05) is 44.5 Å². The molecule has 3 aromatic rings. The normalized spacial score (nSPS) is 12.1. The van der Waals surface area contributed by atoms with Crippen LogP contribution >= 0.6 is 22.9 Å². The number of hydrogen-bond acceptors (Lipinski definition) is 5. The monoisotopic (exact) mass is 487 g/mol. The van der Waals surface area contributed by atoms with Gasteiger partial charge in [-0.05, 0) is 48.0 Å². The van der Waals surface area contributed by atoms with Crippen molar-refractivity contribution in [3.8, 4) is 22.4 Å². The highest BCUT2D eigenvalue weighted by molar-refractivity contribution is 7.13. The molecule has 32 heavy (non-hydrogen) atoms. The van der Waals surface area contributed by atoms with Gasteiger partial charge >= 0.3 is 0 Å². The van der Waals surface area contributed by atoms with Crippen LogP contribution in [0.2, 0.25) is 23.2 Å². The molecule has 0 radical (unpaired) electrons. The average Bonchev–Trinajstić information content (AvgIpc) is 3.17. The van der Waals surface area contributed by atoms with E-state index < -0.39 is 14.2 Å². The van der Waals surface area contributed by atoms with Crippen LogP contribution < -0.4 is 11.1 Å². The number of primary amides is 1. The fourth-order valence-corrected chi connectivity index (χ4v) is 5.11. The molecule has 0 saturated carbocycles. The summed E-state index contributed by atoms with van der Waals surface area (Å²) >= 11 is 7.31. The van der Waals surface area contributed by atoms with Crippen LogP contribution in [0.4, 0.5) is 5.69 Å². The zero-order valence-corrected chi connectivity index (χ0v) is 21.7. The molecule has 0 saturated heterocycles. The highest BCUT2D eigenvalue weighted by Gasteiger charge is 2.36. The molecule has 1 aromatic carbocycles. The van der Waals surface area contributed by atoms with Crippen LogP contribution in [0.25, 0.3) is 22.4 Å². The molecule has 0 unspecified atom stereocenters. The van der Waals surface area contributed by atoms with Crippen molar-refractivity contribution in [2.75, 3.05) is 18.5 Å². The highest BCUT2D eigenvalue weighted by atomic mass is 35.5. The number of benzene rings is 1. The molecule has 3 N–H and O–H groups in total. The largest absolute Gasteiger partial charge is 0.415 e. The second-order valence-corrected chi connectivity index (χ2v) is 15.3. The van der Waals surface area contributed by atoms with Crippen molar-refractivity contribution >= 4 is 42.8 Å². The molecule has 1 amide bonds. The first-order valence-electron chi connectivity index (χ1n) is 10.5. The van der Waals surface area contributed by atoms with Crippen molar-refractivity contribution in [3.05, 3.63) is 57.9 Å². The molecule has 0 atom stereocenters. The van der Waals surface area contributed by atoms with Crippen molar-refractivity contribution in [1.82, 2.24) is 4.98 Å². The smallest absolute Gasteiger partial charge is 0.259 e. The lowest BCUT2D eigenvalue weighted by Crippen LogP contribution is -2.41. The summed E-state index contributed by atoms with van der Waals surface area (Å²) in [5, 5.41) is 6.11. The summed E-state index contributed by atoms with van der Waals surface area (Å²) in [6.45, 7) is 12.7. The van der Waals surface area contributed by atoms with Crippen LogP contribution in [-0.4, -0.2) is 32.4 Å². The van der Waals surface area contributed by atoms with Crippen LogP contribution in [0.1, 0.15) is 30.4 Å². The Kier molecular flexibility index (Phi) is 7.45. The Morgan fingerprint density at radius 2 is 1.88 bits per heavy atom. The molecule has 3 rings (SSSR count). The first-order valence-corrected chi connectivity index (χ1v) is 14.7. The van der Waals surface area contributed by atoms with Crippen molar-refractivity contribution in [2.24, 2.45) is 5.73 Å². The van der Waals surface area contributed by atoms with E-state index >= 15 is 0 Å². The molecular weight excluding hydrogens is 458 g/mol. The number of nitrogens with zero attached hydrogens (tertiary/aromatic N) is 1. The molecule has 0 aliphatic rings. The van der Waals surface area contributed by atoms with E-state index in [1.807, 2.05) is 29.6 Å². The Balaban J connectivity index is 1.74. The third kappa shape index (κ3) is 5.59. The summed E-state index contributed by atoms with van der Waals surface area (Å²) in [5.74, 6) is -0.465. The summed E-state index contributed by atoms with van der Waals surface area (Å²) < 4.78 is 6.22.